The SMILES string of the molecule is Cc1c(-c2ccc(C(=O)N3CC[C@H](O)C(C=[OH+])C3)s2)noc1C(F)(F)F. The normalized spacial score (nSPS) is 21.0. The topological polar surface area (TPSA) is 88.0 Å². The highest BCUT2D eigenvalue weighted by Gasteiger charge is 2.39. The average molecular weight is 389 g/mol. The monoisotopic (exact) mass is 389 g/mol. The second kappa shape index (κ2) is 6.84. The largest absolute Gasteiger partial charge is 0.452 e. The van der Waals surface area contributed by atoms with Crippen molar-refractivity contribution >= 4 is 23.5 Å². The predicted octanol–water partition coefficient (Wildman–Crippen LogP) is 2.73. The molecule has 0 bridgehead atoms. The second-order valence-electron chi connectivity index (χ2n) is 6.07. The van der Waals surface area contributed by atoms with Gasteiger partial charge < -0.3 is 14.5 Å². The number of amides is 1. The molecule has 2 aromatic heterocycles. The van der Waals surface area contributed by atoms with Gasteiger partial charge in [0.2, 0.25) is 5.76 Å². The van der Waals surface area contributed by atoms with Crippen LogP contribution in [0.3, 0.4) is 0 Å². The molecule has 140 valence electrons. The minimum atomic E-state index is -4.63. The van der Waals surface area contributed by atoms with Crippen molar-refractivity contribution in [3.63, 3.8) is 0 Å². The maximum atomic E-state index is 12.8. The van der Waals surface area contributed by atoms with Crippen molar-refractivity contribution in [2.45, 2.75) is 25.6 Å². The van der Waals surface area contributed by atoms with Gasteiger partial charge in [-0.05, 0) is 25.5 Å². The molecule has 26 heavy (non-hydrogen) atoms. The number of carbonyl (C=O) groups excluding carboxylic acids is 2. The Labute approximate surface area is 150 Å². The number of hydrogen-bond donors (Lipinski definition) is 1. The lowest BCUT2D eigenvalue weighted by Crippen LogP contribution is -2.46. The molecule has 10 heteroatoms. The van der Waals surface area contributed by atoms with Gasteiger partial charge >= 0.3 is 6.18 Å². The highest BCUT2D eigenvalue weighted by molar-refractivity contribution is 7.17. The number of rotatable bonds is 3. The molecule has 1 fully saturated rings. The van der Waals surface area contributed by atoms with Gasteiger partial charge in [-0.1, -0.05) is 5.16 Å². The van der Waals surface area contributed by atoms with Crippen LogP contribution >= 0.6 is 11.3 Å². The Balaban J connectivity index is 1.81. The van der Waals surface area contributed by atoms with E-state index in [9.17, 15) is 23.1 Å². The summed E-state index contributed by atoms with van der Waals surface area (Å²) >= 11 is 1.02. The number of piperidine rings is 1. The van der Waals surface area contributed by atoms with Crippen LogP contribution in [0.15, 0.2) is 16.7 Å². The first-order valence-electron chi connectivity index (χ1n) is 7.81. The molecule has 2 atom stereocenters. The number of thiophene rings is 1. The van der Waals surface area contributed by atoms with Crippen molar-refractivity contribution in [1.29, 1.82) is 0 Å². The molecule has 0 aromatic carbocycles. The van der Waals surface area contributed by atoms with E-state index in [1.807, 2.05) is 0 Å². The standard InChI is InChI=1S/C16H15F3N2O4S/c1-8-13(20-25-14(8)16(17,18)19)11-2-3-12(26-11)15(24)21-5-4-10(23)9(6-21)7-22/h2-3,7,9-10,23H,4-6H2,1H3/p+1/t9?,10-/m0/s1. The van der Waals surface area contributed by atoms with E-state index in [0.29, 0.717) is 22.7 Å². The fraction of sp³-hybridized carbons (Fsp3) is 0.438. The summed E-state index contributed by atoms with van der Waals surface area (Å²) in [6.45, 7) is 1.77. The number of aldehydes is 1. The smallest absolute Gasteiger partial charge is 0.392 e. The molecular formula is C16H16F3N2O4S+. The molecule has 0 aliphatic carbocycles. The van der Waals surface area contributed by atoms with Crippen molar-refractivity contribution in [2.75, 3.05) is 13.1 Å². The molecule has 1 aliphatic heterocycles. The Morgan fingerprint density at radius 3 is 2.85 bits per heavy atom. The molecule has 0 saturated carbocycles. The van der Waals surface area contributed by atoms with E-state index in [-0.39, 0.29) is 23.7 Å². The lowest BCUT2D eigenvalue weighted by atomic mass is 9.96. The molecule has 6 nitrogen and oxygen atoms in total. The lowest BCUT2D eigenvalue weighted by Gasteiger charge is -2.32. The van der Waals surface area contributed by atoms with Crippen LogP contribution in [0.5, 0.6) is 0 Å². The van der Waals surface area contributed by atoms with Gasteiger partial charge in [-0.25, -0.2) is 0 Å². The predicted molar refractivity (Wildman–Crippen MR) is 87.6 cm³/mol. The zero-order valence-electron chi connectivity index (χ0n) is 13.7. The molecule has 0 radical (unpaired) electrons. The van der Waals surface area contributed by atoms with E-state index >= 15 is 0 Å². The van der Waals surface area contributed by atoms with Gasteiger partial charge in [-0.2, -0.15) is 13.2 Å². The summed E-state index contributed by atoms with van der Waals surface area (Å²) in [6.07, 6.45) is -4.12. The number of hydrogen-bond acceptors (Lipinski definition) is 5. The molecule has 1 aliphatic rings. The number of nitrogens with zero attached hydrogens (tertiary/aromatic N) is 2. The van der Waals surface area contributed by atoms with Gasteiger partial charge in [0.15, 0.2) is 0 Å². The summed E-state index contributed by atoms with van der Waals surface area (Å²) in [4.78, 5) is 24.0. The van der Waals surface area contributed by atoms with E-state index < -0.39 is 24.0 Å². The first-order chi connectivity index (χ1) is 12.2. The Kier molecular flexibility index (Phi) is 4.89. The van der Waals surface area contributed by atoms with Crippen LogP contribution in [0.4, 0.5) is 13.2 Å². The van der Waals surface area contributed by atoms with E-state index in [1.54, 1.807) is 0 Å². The van der Waals surface area contributed by atoms with Crippen molar-refractivity contribution in [3.8, 4) is 10.6 Å². The van der Waals surface area contributed by atoms with Crippen LogP contribution in [0.2, 0.25) is 0 Å². The molecule has 3 heterocycles. The first kappa shape index (κ1) is 18.6. The van der Waals surface area contributed by atoms with Crippen LogP contribution in [-0.2, 0) is 6.18 Å². The van der Waals surface area contributed by atoms with E-state index in [4.69, 9.17) is 4.79 Å². The fourth-order valence-electron chi connectivity index (χ4n) is 2.87. The molecule has 1 amide bonds. The molecule has 3 rings (SSSR count). The third kappa shape index (κ3) is 3.38. The van der Waals surface area contributed by atoms with Gasteiger partial charge in [0, 0.05) is 18.7 Å². The van der Waals surface area contributed by atoms with Crippen molar-refractivity contribution in [3.05, 3.63) is 28.3 Å². The number of likely N-dealkylation sites (tertiary alicyclic amines) is 1. The molecule has 0 spiro atoms. The highest BCUT2D eigenvalue weighted by Crippen LogP contribution is 2.38. The van der Waals surface area contributed by atoms with Crippen molar-refractivity contribution < 1.29 is 32.4 Å². The Bertz CT molecular complexity index is 830. The van der Waals surface area contributed by atoms with Gasteiger partial charge in [0.25, 0.3) is 12.2 Å². The summed E-state index contributed by atoms with van der Waals surface area (Å²) < 4.78 is 42.9. The van der Waals surface area contributed by atoms with E-state index in [2.05, 4.69) is 9.68 Å². The minimum absolute atomic E-state index is 0.0528. The zero-order chi connectivity index (χ0) is 19.1. The Morgan fingerprint density at radius 1 is 1.50 bits per heavy atom. The van der Waals surface area contributed by atoms with Crippen molar-refractivity contribution in [1.82, 2.24) is 10.1 Å². The lowest BCUT2D eigenvalue weighted by molar-refractivity contribution is -0.156. The van der Waals surface area contributed by atoms with Crippen LogP contribution in [0.25, 0.3) is 10.6 Å². The average Bonchev–Trinajstić information content (AvgIpc) is 3.20. The maximum absolute atomic E-state index is 12.8. The Morgan fingerprint density at radius 2 is 2.23 bits per heavy atom. The third-order valence-corrected chi connectivity index (χ3v) is 5.41. The van der Waals surface area contributed by atoms with Crippen LogP contribution < -0.4 is 0 Å². The quantitative estimate of drug-likeness (QED) is 0.646. The zero-order valence-corrected chi connectivity index (χ0v) is 14.5. The molecular weight excluding hydrogens is 373 g/mol. The molecule has 1 saturated heterocycles. The fourth-order valence-corrected chi connectivity index (χ4v) is 3.88. The first-order valence-corrected chi connectivity index (χ1v) is 8.62. The van der Waals surface area contributed by atoms with Gasteiger partial charge in [0.05, 0.1) is 15.9 Å². The molecule has 2 aromatic rings. The van der Waals surface area contributed by atoms with Crippen molar-refractivity contribution in [2.24, 2.45) is 5.92 Å². The van der Waals surface area contributed by atoms with Gasteiger partial charge in [0.1, 0.15) is 11.6 Å². The maximum Gasteiger partial charge on any atom is 0.452 e. The second-order valence-corrected chi connectivity index (χ2v) is 7.15. The van der Waals surface area contributed by atoms with Crippen LogP contribution in [-0.4, -0.2) is 51.3 Å². The Hall–Kier alpha value is -2.20. The van der Waals surface area contributed by atoms with E-state index in [1.165, 1.54) is 24.0 Å². The number of aliphatic hydroxyl groups excluding tert-OH is 1. The molecule has 1 unspecified atom stereocenters. The number of aliphatic hydroxyl groups is 1. The van der Waals surface area contributed by atoms with Gasteiger partial charge in [-0.3, -0.25) is 9.59 Å². The summed E-state index contributed by atoms with van der Waals surface area (Å²) in [5.74, 6) is -1.99. The number of halogens is 3. The third-order valence-electron chi connectivity index (χ3n) is 4.33. The molecule has 2 N–H and O–H groups in total. The van der Waals surface area contributed by atoms with Gasteiger partial charge in [-0.15, -0.1) is 11.3 Å². The summed E-state index contributed by atoms with van der Waals surface area (Å²) in [5, 5.41) is 13.2. The summed E-state index contributed by atoms with van der Waals surface area (Å²) in [5.41, 5.74) is -0.0774. The van der Waals surface area contributed by atoms with Crippen LogP contribution in [0, 0.1) is 12.8 Å². The number of aromatic nitrogens is 1. The number of carbonyl (C=O) groups is 1. The summed E-state index contributed by atoms with van der Waals surface area (Å²) in [6, 6.07) is 3.05. The number of alkyl halides is 3. The summed E-state index contributed by atoms with van der Waals surface area (Å²) in [7, 11) is 0. The highest BCUT2D eigenvalue weighted by atomic mass is 32.1. The van der Waals surface area contributed by atoms with E-state index in [0.717, 1.165) is 17.6 Å². The minimum Gasteiger partial charge on any atom is -0.392 e. The van der Waals surface area contributed by atoms with Crippen LogP contribution in [0.1, 0.15) is 27.4 Å².